The number of nitrogens with one attached hydrogen (secondary N) is 2. The Morgan fingerprint density at radius 1 is 1.12 bits per heavy atom. The van der Waals surface area contributed by atoms with Crippen LogP contribution in [-0.4, -0.2) is 41.2 Å². The maximum atomic E-state index is 13.6. The van der Waals surface area contributed by atoms with Gasteiger partial charge >= 0.3 is 6.03 Å². The Morgan fingerprint density at radius 2 is 1.82 bits per heavy atom. The van der Waals surface area contributed by atoms with Gasteiger partial charge in [-0.1, -0.05) is 44.0 Å². The van der Waals surface area contributed by atoms with E-state index in [0.717, 1.165) is 11.3 Å². The van der Waals surface area contributed by atoms with Crippen LogP contribution in [0.3, 0.4) is 0 Å². The third kappa shape index (κ3) is 4.13. The van der Waals surface area contributed by atoms with Crippen molar-refractivity contribution in [3.8, 4) is 0 Å². The number of unbranched alkanes of at least 4 members (excludes halogenated alkanes) is 1. The molecule has 8 nitrogen and oxygen atoms in total. The number of anilines is 2. The van der Waals surface area contributed by atoms with E-state index in [9.17, 15) is 23.6 Å². The minimum Gasteiger partial charge on any atom is -0.324 e. The van der Waals surface area contributed by atoms with Crippen molar-refractivity contribution in [2.75, 3.05) is 16.8 Å². The van der Waals surface area contributed by atoms with Crippen LogP contribution in [0.2, 0.25) is 0 Å². The van der Waals surface area contributed by atoms with Crippen molar-refractivity contribution in [3.63, 3.8) is 0 Å². The van der Waals surface area contributed by atoms with E-state index in [1.807, 2.05) is 6.92 Å². The summed E-state index contributed by atoms with van der Waals surface area (Å²) in [5.41, 5.74) is 0.111. The summed E-state index contributed by atoms with van der Waals surface area (Å²) in [5.74, 6) is -1.70. The molecule has 2 aliphatic rings. The fourth-order valence-electron chi connectivity index (χ4n) is 4.63. The average Bonchev–Trinajstić information content (AvgIpc) is 2.95. The molecule has 2 atom stereocenters. The summed E-state index contributed by atoms with van der Waals surface area (Å²) in [6, 6.07) is 11.2. The summed E-state index contributed by atoms with van der Waals surface area (Å²) in [6.45, 7) is 3.23. The van der Waals surface area contributed by atoms with Crippen LogP contribution in [0.1, 0.15) is 45.1 Å². The smallest absolute Gasteiger partial charge is 0.324 e. The van der Waals surface area contributed by atoms with Crippen LogP contribution in [0.15, 0.2) is 48.5 Å². The molecule has 5 amide bonds. The molecule has 2 aliphatic heterocycles. The van der Waals surface area contributed by atoms with Crippen LogP contribution < -0.4 is 15.5 Å². The molecule has 178 valence electrons. The van der Waals surface area contributed by atoms with Crippen molar-refractivity contribution in [2.24, 2.45) is 0 Å². The summed E-state index contributed by atoms with van der Waals surface area (Å²) in [5, 5.41) is 5.56. The minimum atomic E-state index is -1.36. The fourth-order valence-corrected chi connectivity index (χ4v) is 4.63. The van der Waals surface area contributed by atoms with Crippen LogP contribution >= 0.6 is 0 Å². The predicted molar refractivity (Wildman–Crippen MR) is 124 cm³/mol. The lowest BCUT2D eigenvalue weighted by atomic mass is 9.85. The van der Waals surface area contributed by atoms with Crippen LogP contribution in [0.25, 0.3) is 0 Å². The molecule has 9 heteroatoms. The zero-order valence-electron chi connectivity index (χ0n) is 19.1. The van der Waals surface area contributed by atoms with Gasteiger partial charge in [-0.15, -0.1) is 0 Å². The van der Waals surface area contributed by atoms with E-state index < -0.39 is 41.8 Å². The van der Waals surface area contributed by atoms with Gasteiger partial charge in [-0.3, -0.25) is 19.3 Å². The van der Waals surface area contributed by atoms with Crippen LogP contribution in [0.4, 0.5) is 20.6 Å². The number of benzene rings is 2. The zero-order chi connectivity index (χ0) is 24.5. The summed E-state index contributed by atoms with van der Waals surface area (Å²) in [4.78, 5) is 54.6. The number of imide groups is 1. The summed E-state index contributed by atoms with van der Waals surface area (Å²) in [6.07, 6.45) is 1.84. The van der Waals surface area contributed by atoms with Gasteiger partial charge in [0, 0.05) is 12.5 Å². The highest BCUT2D eigenvalue weighted by molar-refractivity contribution is 6.12. The quantitative estimate of drug-likeness (QED) is 0.637. The molecule has 0 unspecified atom stereocenters. The first-order chi connectivity index (χ1) is 16.3. The van der Waals surface area contributed by atoms with E-state index in [2.05, 4.69) is 10.6 Å². The molecule has 0 aliphatic carbocycles. The minimum absolute atomic E-state index is 0.0799. The van der Waals surface area contributed by atoms with Crippen molar-refractivity contribution < 1.29 is 23.6 Å². The highest BCUT2D eigenvalue weighted by atomic mass is 19.1. The third-order valence-corrected chi connectivity index (χ3v) is 6.34. The van der Waals surface area contributed by atoms with Crippen molar-refractivity contribution in [1.29, 1.82) is 0 Å². The van der Waals surface area contributed by atoms with Crippen molar-refractivity contribution in [3.05, 3.63) is 59.9 Å². The van der Waals surface area contributed by atoms with Crippen LogP contribution in [0, 0.1) is 5.82 Å². The molecule has 1 saturated heterocycles. The van der Waals surface area contributed by atoms with E-state index in [4.69, 9.17) is 0 Å². The van der Waals surface area contributed by atoms with E-state index in [0.29, 0.717) is 29.8 Å². The molecular formula is C25H27FN4O4. The van der Waals surface area contributed by atoms with Gasteiger partial charge in [-0.2, -0.15) is 0 Å². The lowest BCUT2D eigenvalue weighted by Gasteiger charge is -2.30. The second-order valence-electron chi connectivity index (χ2n) is 8.72. The lowest BCUT2D eigenvalue weighted by Crippen LogP contribution is -2.48. The second kappa shape index (κ2) is 9.24. The third-order valence-electron chi connectivity index (χ3n) is 6.34. The standard InChI is InChI=1S/C25H27FN4O4/c1-3-4-13-25(17-9-11-18(26)12-10-17)23(33)29(24(34)28-25)15-22(32)30-16(2)14-21(31)27-19-7-5-6-8-20(19)30/h5-12,16H,3-4,13-15H2,1-2H3,(H,27,31)(H,28,34)/t16-,25+/m0/s1. The molecule has 2 heterocycles. The molecule has 0 spiro atoms. The Bertz CT molecular complexity index is 1140. The monoisotopic (exact) mass is 466 g/mol. The van der Waals surface area contributed by atoms with Crippen molar-refractivity contribution >= 4 is 35.1 Å². The molecule has 0 bridgehead atoms. The van der Waals surface area contributed by atoms with Gasteiger partial charge in [0.1, 0.15) is 17.9 Å². The SMILES string of the molecule is CCCC[C@]1(c2ccc(F)cc2)NC(=O)N(CC(=O)N2c3ccccc3NC(=O)C[C@@H]2C)C1=O. The van der Waals surface area contributed by atoms with E-state index in [-0.39, 0.29) is 12.3 Å². The highest BCUT2D eigenvalue weighted by Gasteiger charge is 2.52. The molecule has 1 fully saturated rings. The Kier molecular flexibility index (Phi) is 6.37. The van der Waals surface area contributed by atoms with Gasteiger partial charge in [-0.25, -0.2) is 9.18 Å². The topological polar surface area (TPSA) is 98.8 Å². The number of hydrogen-bond acceptors (Lipinski definition) is 4. The van der Waals surface area contributed by atoms with Crippen molar-refractivity contribution in [2.45, 2.75) is 51.1 Å². The van der Waals surface area contributed by atoms with E-state index in [1.54, 1.807) is 31.2 Å². The molecule has 0 aromatic heterocycles. The van der Waals surface area contributed by atoms with Gasteiger partial charge in [0.15, 0.2) is 0 Å². The highest BCUT2D eigenvalue weighted by Crippen LogP contribution is 2.35. The Hall–Kier alpha value is -3.75. The molecule has 4 rings (SSSR count). The number of halogens is 1. The lowest BCUT2D eigenvalue weighted by molar-refractivity contribution is -0.135. The Morgan fingerprint density at radius 3 is 2.53 bits per heavy atom. The summed E-state index contributed by atoms with van der Waals surface area (Å²) >= 11 is 0. The number of nitrogens with zero attached hydrogens (tertiary/aromatic N) is 2. The molecule has 0 saturated carbocycles. The van der Waals surface area contributed by atoms with E-state index in [1.165, 1.54) is 29.2 Å². The van der Waals surface area contributed by atoms with Gasteiger partial charge in [0.05, 0.1) is 11.4 Å². The summed E-state index contributed by atoms with van der Waals surface area (Å²) < 4.78 is 13.5. The second-order valence-corrected chi connectivity index (χ2v) is 8.72. The number of hydrogen-bond donors (Lipinski definition) is 2. The number of carbonyl (C=O) groups is 4. The maximum absolute atomic E-state index is 13.6. The average molecular weight is 467 g/mol. The number of para-hydroxylation sites is 2. The Balaban J connectivity index is 1.64. The normalized spacial score (nSPS) is 22.2. The van der Waals surface area contributed by atoms with Gasteiger partial charge in [0.25, 0.3) is 5.91 Å². The zero-order valence-corrected chi connectivity index (χ0v) is 19.1. The van der Waals surface area contributed by atoms with E-state index >= 15 is 0 Å². The maximum Gasteiger partial charge on any atom is 0.325 e. The van der Waals surface area contributed by atoms with Crippen molar-refractivity contribution in [1.82, 2.24) is 10.2 Å². The fraction of sp³-hybridized carbons (Fsp3) is 0.360. The first-order valence-corrected chi connectivity index (χ1v) is 11.4. The van der Waals surface area contributed by atoms with Gasteiger partial charge in [-0.05, 0) is 43.2 Å². The number of urea groups is 1. The molecule has 2 aromatic carbocycles. The number of amides is 5. The predicted octanol–water partition coefficient (Wildman–Crippen LogP) is 3.53. The molecule has 2 aromatic rings. The number of carbonyl (C=O) groups excluding carboxylic acids is 4. The number of rotatable bonds is 6. The molecule has 0 radical (unpaired) electrons. The van der Waals surface area contributed by atoms with Gasteiger partial charge in [0.2, 0.25) is 11.8 Å². The first-order valence-electron chi connectivity index (χ1n) is 11.4. The van der Waals surface area contributed by atoms with Crippen LogP contribution in [0.5, 0.6) is 0 Å². The number of fused-ring (bicyclic) bond motifs is 1. The first kappa shape index (κ1) is 23.4. The summed E-state index contributed by atoms with van der Waals surface area (Å²) in [7, 11) is 0. The molecule has 34 heavy (non-hydrogen) atoms. The largest absolute Gasteiger partial charge is 0.325 e. The Labute approximate surface area is 197 Å². The van der Waals surface area contributed by atoms with Crippen LogP contribution in [-0.2, 0) is 19.9 Å². The van der Waals surface area contributed by atoms with Gasteiger partial charge < -0.3 is 15.5 Å². The molecular weight excluding hydrogens is 439 g/mol. The molecule has 2 N–H and O–H groups in total.